The number of carbonyl (C=O) groups excluding carboxylic acids is 1. The van der Waals surface area contributed by atoms with Crippen LogP contribution in [-0.2, 0) is 6.54 Å². The summed E-state index contributed by atoms with van der Waals surface area (Å²) in [6.07, 6.45) is 1.45. The molecule has 3 rings (SSSR count). The summed E-state index contributed by atoms with van der Waals surface area (Å²) in [5, 5.41) is 38.8. The first kappa shape index (κ1) is 19.5. The van der Waals surface area contributed by atoms with Crippen molar-refractivity contribution in [1.29, 1.82) is 10.5 Å². The average Bonchev–Trinajstić information content (AvgIpc) is 3.00. The van der Waals surface area contributed by atoms with Crippen LogP contribution in [0.5, 0.6) is 11.5 Å². The Morgan fingerprint density at radius 1 is 1.14 bits per heavy atom. The number of phenols is 1. The van der Waals surface area contributed by atoms with E-state index in [9.17, 15) is 20.0 Å². The molecule has 0 fully saturated rings. The second kappa shape index (κ2) is 8.21. The lowest BCUT2D eigenvalue weighted by Gasteiger charge is -2.17. The Bertz CT molecular complexity index is 1080. The Hall–Kier alpha value is -4.21. The molecule has 0 radical (unpaired) electrons. The number of phenolic OH excluding ortho intramolecular Hbond substituents is 1. The maximum absolute atomic E-state index is 12.7. The van der Waals surface area contributed by atoms with Gasteiger partial charge in [-0.3, -0.25) is 19.8 Å². The van der Waals surface area contributed by atoms with Gasteiger partial charge in [-0.25, -0.2) is 0 Å². The number of ketones is 1. The molecule has 9 nitrogen and oxygen atoms in total. The number of nitro groups is 1. The van der Waals surface area contributed by atoms with Crippen molar-refractivity contribution >= 4 is 17.5 Å². The number of hydrogen-bond acceptors (Lipinski definition) is 8. The van der Waals surface area contributed by atoms with Crippen molar-refractivity contribution in [2.45, 2.75) is 6.54 Å². The third kappa shape index (κ3) is 4.05. The van der Waals surface area contributed by atoms with Gasteiger partial charge in [0.1, 0.15) is 11.5 Å². The lowest BCUT2D eigenvalue weighted by molar-refractivity contribution is -0.384. The van der Waals surface area contributed by atoms with E-state index in [0.717, 1.165) is 0 Å². The number of carbonyl (C=O) groups is 1. The van der Waals surface area contributed by atoms with Crippen LogP contribution in [0.2, 0.25) is 0 Å². The highest BCUT2D eigenvalue weighted by atomic mass is 16.6. The number of Topliss-reactive ketones (excluding diaryl/α,β-unsaturated/α-hetero) is 1. The minimum absolute atomic E-state index is 0.00724. The number of fused-ring (bicyclic) bond motifs is 1. The fourth-order valence-electron chi connectivity index (χ4n) is 2.88. The van der Waals surface area contributed by atoms with E-state index in [1.54, 1.807) is 0 Å². The largest absolute Gasteiger partial charge is 0.507 e. The third-order valence-corrected chi connectivity index (χ3v) is 4.29. The Morgan fingerprint density at radius 2 is 1.79 bits per heavy atom. The maximum Gasteiger partial charge on any atom is 0.269 e. The summed E-state index contributed by atoms with van der Waals surface area (Å²) in [4.78, 5) is 24.4. The van der Waals surface area contributed by atoms with Gasteiger partial charge in [-0.15, -0.1) is 0 Å². The van der Waals surface area contributed by atoms with E-state index in [4.69, 9.17) is 15.3 Å². The van der Waals surface area contributed by atoms with Crippen LogP contribution >= 0.6 is 0 Å². The summed E-state index contributed by atoms with van der Waals surface area (Å²) in [5.41, 5.74) is 1.01. The SMILES string of the molecule is N#CCN(CC#N)Cc1c(O)ccc2c1O/C(=C\c1ccc([N+](=O)[O-])cc1)C2=O. The lowest BCUT2D eigenvalue weighted by atomic mass is 10.0. The van der Waals surface area contributed by atoms with Crippen molar-refractivity contribution in [1.82, 2.24) is 4.90 Å². The Morgan fingerprint density at radius 3 is 2.38 bits per heavy atom. The van der Waals surface area contributed by atoms with Crippen molar-refractivity contribution in [2.75, 3.05) is 13.1 Å². The Balaban J connectivity index is 1.93. The number of aromatic hydroxyl groups is 1. The molecule has 0 amide bonds. The molecule has 0 bridgehead atoms. The van der Waals surface area contributed by atoms with Gasteiger partial charge in [-0.05, 0) is 35.9 Å². The molecule has 1 heterocycles. The van der Waals surface area contributed by atoms with E-state index in [0.29, 0.717) is 11.1 Å². The van der Waals surface area contributed by atoms with Crippen molar-refractivity contribution in [2.24, 2.45) is 0 Å². The molecule has 2 aromatic carbocycles. The number of hydrogen-bond donors (Lipinski definition) is 1. The van der Waals surface area contributed by atoms with E-state index in [-0.39, 0.29) is 48.1 Å². The normalized spacial score (nSPS) is 13.6. The second-order valence-corrected chi connectivity index (χ2v) is 6.19. The van der Waals surface area contributed by atoms with Crippen LogP contribution in [0.3, 0.4) is 0 Å². The van der Waals surface area contributed by atoms with Crippen LogP contribution in [-0.4, -0.2) is 33.8 Å². The highest BCUT2D eigenvalue weighted by Crippen LogP contribution is 2.40. The predicted molar refractivity (Wildman–Crippen MR) is 101 cm³/mol. The van der Waals surface area contributed by atoms with Crippen molar-refractivity contribution in [3.8, 4) is 23.6 Å². The summed E-state index contributed by atoms with van der Waals surface area (Å²) in [7, 11) is 0. The molecule has 29 heavy (non-hydrogen) atoms. The number of nitro benzene ring substituents is 1. The molecule has 0 aliphatic carbocycles. The number of rotatable bonds is 6. The molecule has 1 aliphatic rings. The van der Waals surface area contributed by atoms with E-state index in [1.165, 1.54) is 47.4 Å². The fraction of sp³-hybridized carbons (Fsp3) is 0.150. The first-order valence-corrected chi connectivity index (χ1v) is 8.44. The van der Waals surface area contributed by atoms with Crippen molar-refractivity contribution in [3.63, 3.8) is 0 Å². The minimum atomic E-state index is -0.521. The summed E-state index contributed by atoms with van der Waals surface area (Å²) < 4.78 is 5.70. The standard InChI is InChI=1S/C20H14N4O5/c21-7-9-23(10-8-22)12-16-17(25)6-5-15-19(26)18(29-20(15)16)11-13-1-3-14(4-2-13)24(27)28/h1-6,11,25H,9-10,12H2/b18-11-. The lowest BCUT2D eigenvalue weighted by Crippen LogP contribution is -2.24. The van der Waals surface area contributed by atoms with Crippen LogP contribution in [0.1, 0.15) is 21.5 Å². The van der Waals surface area contributed by atoms with Crippen LogP contribution in [0.25, 0.3) is 6.08 Å². The number of nitriles is 2. The first-order chi connectivity index (χ1) is 13.9. The van der Waals surface area contributed by atoms with Crippen LogP contribution in [0, 0.1) is 32.8 Å². The summed E-state index contributed by atoms with van der Waals surface area (Å²) in [5.74, 6) is -0.336. The molecule has 0 spiro atoms. The van der Waals surface area contributed by atoms with E-state index < -0.39 is 10.7 Å². The number of benzene rings is 2. The molecule has 144 valence electrons. The number of ether oxygens (including phenoxy) is 1. The van der Waals surface area contributed by atoms with Gasteiger partial charge in [0.25, 0.3) is 5.69 Å². The molecule has 0 saturated heterocycles. The van der Waals surface area contributed by atoms with Crippen molar-refractivity contribution in [3.05, 3.63) is 69.0 Å². The molecule has 1 aliphatic heterocycles. The van der Waals surface area contributed by atoms with Crippen LogP contribution < -0.4 is 4.74 Å². The van der Waals surface area contributed by atoms with Gasteiger partial charge in [-0.1, -0.05) is 0 Å². The minimum Gasteiger partial charge on any atom is -0.507 e. The van der Waals surface area contributed by atoms with E-state index in [2.05, 4.69) is 0 Å². The predicted octanol–water partition coefficient (Wildman–Crippen LogP) is 2.77. The molecule has 9 heteroatoms. The van der Waals surface area contributed by atoms with Gasteiger partial charge in [0.2, 0.25) is 5.78 Å². The topological polar surface area (TPSA) is 140 Å². The molecule has 0 atom stereocenters. The average molecular weight is 390 g/mol. The summed E-state index contributed by atoms with van der Waals surface area (Å²) in [6.45, 7) is -0.0135. The Kier molecular flexibility index (Phi) is 5.54. The molecule has 0 unspecified atom stereocenters. The monoisotopic (exact) mass is 390 g/mol. The summed E-state index contributed by atoms with van der Waals surface area (Å²) in [6, 6.07) is 12.3. The molecular formula is C20H14N4O5. The third-order valence-electron chi connectivity index (χ3n) is 4.29. The second-order valence-electron chi connectivity index (χ2n) is 6.19. The smallest absolute Gasteiger partial charge is 0.269 e. The number of non-ortho nitro benzene ring substituents is 1. The number of nitrogens with zero attached hydrogens (tertiary/aromatic N) is 4. The van der Waals surface area contributed by atoms with Gasteiger partial charge in [-0.2, -0.15) is 10.5 Å². The molecular weight excluding hydrogens is 376 g/mol. The molecule has 2 aromatic rings. The first-order valence-electron chi connectivity index (χ1n) is 8.44. The van der Waals surface area contributed by atoms with Gasteiger partial charge in [0.15, 0.2) is 5.76 Å². The fourth-order valence-corrected chi connectivity index (χ4v) is 2.88. The van der Waals surface area contributed by atoms with E-state index in [1.807, 2.05) is 12.1 Å². The quantitative estimate of drug-likeness (QED) is 0.343. The van der Waals surface area contributed by atoms with Gasteiger partial charge in [0, 0.05) is 18.7 Å². The highest BCUT2D eigenvalue weighted by molar-refractivity contribution is 6.15. The zero-order valence-corrected chi connectivity index (χ0v) is 15.0. The highest BCUT2D eigenvalue weighted by Gasteiger charge is 2.31. The zero-order chi connectivity index (χ0) is 21.0. The molecule has 0 aromatic heterocycles. The summed E-state index contributed by atoms with van der Waals surface area (Å²) >= 11 is 0. The maximum atomic E-state index is 12.7. The van der Waals surface area contributed by atoms with Gasteiger partial charge < -0.3 is 9.84 Å². The molecule has 0 saturated carbocycles. The van der Waals surface area contributed by atoms with Crippen molar-refractivity contribution < 1.29 is 19.6 Å². The van der Waals surface area contributed by atoms with Gasteiger partial charge >= 0.3 is 0 Å². The van der Waals surface area contributed by atoms with Gasteiger partial charge in [0.05, 0.1) is 41.3 Å². The van der Waals surface area contributed by atoms with Crippen LogP contribution in [0.15, 0.2) is 42.2 Å². The number of allylic oxidation sites excluding steroid dienone is 1. The Labute approximate surface area is 165 Å². The van der Waals surface area contributed by atoms with Crippen LogP contribution in [0.4, 0.5) is 5.69 Å². The van der Waals surface area contributed by atoms with E-state index >= 15 is 0 Å². The molecule has 1 N–H and O–H groups in total. The zero-order valence-electron chi connectivity index (χ0n) is 15.0.